The molecule has 1 aliphatic carbocycles. The molecule has 1 saturated carbocycles. The summed E-state index contributed by atoms with van der Waals surface area (Å²) in [5.74, 6) is 1.03. The van der Waals surface area contributed by atoms with E-state index in [2.05, 4.69) is 12.2 Å². The lowest BCUT2D eigenvalue weighted by Gasteiger charge is -2.21. The third kappa shape index (κ3) is 14.2. The average molecular weight is 302 g/mol. The molecule has 130 valence electrons. The lowest BCUT2D eigenvalue weighted by molar-refractivity contribution is -0.121. The minimum absolute atomic E-state index is 0. The van der Waals surface area contributed by atoms with Crippen molar-refractivity contribution in [3.8, 4) is 0 Å². The molecule has 2 heteroatoms. The topological polar surface area (TPSA) is 29.1 Å². The lowest BCUT2D eigenvalue weighted by Crippen LogP contribution is -2.29. The molecule has 2 nitrogen and oxygen atoms in total. The van der Waals surface area contributed by atoms with E-state index in [1.54, 1.807) is 0 Å². The van der Waals surface area contributed by atoms with Crippen LogP contribution in [-0.2, 0) is 4.79 Å². The van der Waals surface area contributed by atoms with Gasteiger partial charge in [-0.05, 0) is 25.2 Å². The van der Waals surface area contributed by atoms with E-state index in [1.807, 2.05) is 13.8 Å². The van der Waals surface area contributed by atoms with Gasteiger partial charge in [-0.15, -0.1) is 0 Å². The lowest BCUT2D eigenvalue weighted by atomic mass is 9.89. The smallest absolute Gasteiger partial charge is 0.220 e. The Balaban J connectivity index is -0.000000864. The molecule has 1 rings (SSSR count). The number of unbranched alkanes of at least 4 members (excludes halogenated alkanes) is 5. The van der Waals surface area contributed by atoms with E-state index in [4.69, 9.17) is 0 Å². The van der Waals surface area contributed by atoms with Gasteiger partial charge in [-0.2, -0.15) is 0 Å². The maximum absolute atomic E-state index is 11.7. The third-order valence-electron chi connectivity index (χ3n) is 4.07. The molecule has 0 unspecified atom stereocenters. The Morgan fingerprint density at radius 2 is 1.57 bits per heavy atom. The van der Waals surface area contributed by atoms with Crippen LogP contribution >= 0.6 is 0 Å². The average Bonchev–Trinajstić information content (AvgIpc) is 2.52. The first-order valence-electron chi connectivity index (χ1n) is 9.09. The molecular formula is C19H43NO. The zero-order valence-corrected chi connectivity index (χ0v) is 14.2. The van der Waals surface area contributed by atoms with E-state index >= 15 is 0 Å². The second-order valence-electron chi connectivity index (χ2n) is 5.83. The minimum atomic E-state index is 0. The van der Waals surface area contributed by atoms with Gasteiger partial charge in [0.2, 0.25) is 5.91 Å². The van der Waals surface area contributed by atoms with Crippen LogP contribution in [0.5, 0.6) is 0 Å². The largest absolute Gasteiger partial charge is 0.356 e. The van der Waals surface area contributed by atoms with Crippen molar-refractivity contribution in [3.05, 3.63) is 0 Å². The summed E-state index contributed by atoms with van der Waals surface area (Å²) < 4.78 is 0. The monoisotopic (exact) mass is 301 g/mol. The minimum Gasteiger partial charge on any atom is -0.356 e. The van der Waals surface area contributed by atoms with Crippen molar-refractivity contribution in [1.82, 2.24) is 5.32 Å². The molecule has 0 aromatic rings. The van der Waals surface area contributed by atoms with E-state index < -0.39 is 0 Å². The van der Waals surface area contributed by atoms with Crippen molar-refractivity contribution in [2.45, 2.75) is 105 Å². The van der Waals surface area contributed by atoms with Gasteiger partial charge < -0.3 is 5.32 Å². The molecule has 0 radical (unpaired) electrons. The Hall–Kier alpha value is -0.530. The first kappa shape index (κ1) is 22.7. The number of rotatable bonds is 9. The maximum atomic E-state index is 11.7. The number of hydrogen-bond acceptors (Lipinski definition) is 1. The second-order valence-corrected chi connectivity index (χ2v) is 5.83. The molecular weight excluding hydrogens is 258 g/mol. The molecule has 0 aliphatic heterocycles. The number of amides is 1. The fourth-order valence-electron chi connectivity index (χ4n) is 2.80. The normalized spacial score (nSPS) is 14.6. The van der Waals surface area contributed by atoms with Gasteiger partial charge in [0.1, 0.15) is 0 Å². The number of nitrogens with one attached hydrogen (secondary N) is 1. The molecule has 1 fully saturated rings. The zero-order chi connectivity index (χ0) is 15.1. The van der Waals surface area contributed by atoms with Crippen LogP contribution in [-0.4, -0.2) is 12.5 Å². The van der Waals surface area contributed by atoms with Crippen LogP contribution in [0.15, 0.2) is 0 Å². The molecule has 0 heterocycles. The van der Waals surface area contributed by atoms with Gasteiger partial charge in [0, 0.05) is 14.4 Å². The van der Waals surface area contributed by atoms with Gasteiger partial charge in [0.05, 0.1) is 0 Å². The van der Waals surface area contributed by atoms with Crippen molar-refractivity contribution in [2.75, 3.05) is 6.54 Å². The van der Waals surface area contributed by atoms with Crippen molar-refractivity contribution >= 4 is 5.91 Å². The quantitative estimate of drug-likeness (QED) is 0.494. The molecule has 0 spiro atoms. The summed E-state index contributed by atoms with van der Waals surface area (Å²) in [7, 11) is 0. The van der Waals surface area contributed by atoms with Crippen molar-refractivity contribution in [3.63, 3.8) is 0 Å². The van der Waals surface area contributed by atoms with Crippen molar-refractivity contribution < 1.29 is 6.22 Å². The molecule has 21 heavy (non-hydrogen) atoms. The van der Waals surface area contributed by atoms with Gasteiger partial charge in [-0.3, -0.25) is 4.79 Å². The molecule has 0 aromatic heterocycles. The van der Waals surface area contributed by atoms with Gasteiger partial charge >= 0.3 is 0 Å². The van der Waals surface area contributed by atoms with Crippen LogP contribution in [0, 0.1) is 5.92 Å². The Morgan fingerprint density at radius 3 is 2.19 bits per heavy atom. The summed E-state index contributed by atoms with van der Waals surface area (Å²) in [6, 6.07) is 0. The predicted molar refractivity (Wildman–Crippen MR) is 97.8 cm³/mol. The zero-order valence-electron chi connectivity index (χ0n) is 14.2. The van der Waals surface area contributed by atoms with E-state index in [1.165, 1.54) is 64.2 Å². The van der Waals surface area contributed by atoms with Crippen LogP contribution in [0.4, 0.5) is 0 Å². The maximum Gasteiger partial charge on any atom is 0.220 e. The van der Waals surface area contributed by atoms with E-state index in [9.17, 15) is 4.79 Å². The highest BCUT2D eigenvalue weighted by Gasteiger charge is 2.13. The standard InChI is InChI=1S/C16H31NO.C2H6.CH4.H2/c1-2-3-4-5-6-10-13-16(18)17-14-15-11-8-7-9-12-15;1-2;;/h15H,2-14H2,1H3,(H,17,18);1-2H3;1H4;1H. The third-order valence-corrected chi connectivity index (χ3v) is 4.07. The molecule has 1 N–H and O–H groups in total. The van der Waals surface area contributed by atoms with Crippen molar-refractivity contribution in [1.29, 1.82) is 0 Å². The second kappa shape index (κ2) is 17.5. The molecule has 0 atom stereocenters. The fraction of sp³-hybridized carbons (Fsp3) is 0.947. The number of carbonyl (C=O) groups excluding carboxylic acids is 1. The highest BCUT2D eigenvalue weighted by Crippen LogP contribution is 2.22. The molecule has 1 aliphatic rings. The Kier molecular flexibility index (Phi) is 19.0. The molecule has 0 bridgehead atoms. The summed E-state index contributed by atoms with van der Waals surface area (Å²) >= 11 is 0. The van der Waals surface area contributed by atoms with Crippen LogP contribution in [0.2, 0.25) is 0 Å². The SMILES string of the molecule is C.CC.CCCCCCCCC(=O)NCC1CCCCC1.[HH]. The summed E-state index contributed by atoms with van der Waals surface area (Å²) in [5.41, 5.74) is 0. The molecule has 0 saturated heterocycles. The Labute approximate surface area is 136 Å². The summed E-state index contributed by atoms with van der Waals surface area (Å²) in [6.45, 7) is 7.16. The summed E-state index contributed by atoms with van der Waals surface area (Å²) in [4.78, 5) is 11.7. The summed E-state index contributed by atoms with van der Waals surface area (Å²) in [6.07, 6.45) is 15.0. The predicted octanol–water partition coefficient (Wildman–Crippen LogP) is 6.34. The highest BCUT2D eigenvalue weighted by molar-refractivity contribution is 5.75. The van der Waals surface area contributed by atoms with Gasteiger partial charge in [0.25, 0.3) is 0 Å². The van der Waals surface area contributed by atoms with E-state index in [-0.39, 0.29) is 14.8 Å². The summed E-state index contributed by atoms with van der Waals surface area (Å²) in [5, 5.41) is 3.12. The first-order chi connectivity index (χ1) is 9.83. The first-order valence-corrected chi connectivity index (χ1v) is 9.09. The number of hydrogen-bond donors (Lipinski definition) is 1. The van der Waals surface area contributed by atoms with Crippen LogP contribution in [0.1, 0.15) is 107 Å². The van der Waals surface area contributed by atoms with Gasteiger partial charge in [-0.25, -0.2) is 0 Å². The van der Waals surface area contributed by atoms with E-state index in [0.29, 0.717) is 0 Å². The van der Waals surface area contributed by atoms with Crippen LogP contribution in [0.25, 0.3) is 0 Å². The van der Waals surface area contributed by atoms with E-state index in [0.717, 1.165) is 25.3 Å². The Bertz CT molecular complexity index is 215. The van der Waals surface area contributed by atoms with Crippen LogP contribution < -0.4 is 5.32 Å². The fourth-order valence-corrected chi connectivity index (χ4v) is 2.80. The van der Waals surface area contributed by atoms with Crippen molar-refractivity contribution in [2.24, 2.45) is 5.92 Å². The van der Waals surface area contributed by atoms with Gasteiger partial charge in [0.15, 0.2) is 0 Å². The Morgan fingerprint density at radius 1 is 1.00 bits per heavy atom. The molecule has 0 aromatic carbocycles. The highest BCUT2D eigenvalue weighted by atomic mass is 16.1. The molecule has 1 amide bonds. The number of carbonyl (C=O) groups is 1. The van der Waals surface area contributed by atoms with Crippen LogP contribution in [0.3, 0.4) is 0 Å². The van der Waals surface area contributed by atoms with Gasteiger partial charge in [-0.1, -0.05) is 79.6 Å².